The predicted molar refractivity (Wildman–Crippen MR) is 135 cm³/mol. The van der Waals surface area contributed by atoms with Gasteiger partial charge < -0.3 is 15.2 Å². The van der Waals surface area contributed by atoms with Gasteiger partial charge in [-0.2, -0.15) is 0 Å². The molecule has 2 aromatic carbocycles. The molecule has 10 heteroatoms. The third-order valence-electron chi connectivity index (χ3n) is 5.28. The highest BCUT2D eigenvalue weighted by atomic mass is 32.2. The second-order valence-corrected chi connectivity index (χ2v) is 8.62. The van der Waals surface area contributed by atoms with Crippen molar-refractivity contribution in [1.82, 2.24) is 9.13 Å². The summed E-state index contributed by atoms with van der Waals surface area (Å²) in [6, 6.07) is 12.4. The van der Waals surface area contributed by atoms with E-state index in [9.17, 15) is 19.5 Å². The Bertz CT molecular complexity index is 1370. The van der Waals surface area contributed by atoms with Crippen LogP contribution in [0.2, 0.25) is 0 Å². The maximum absolute atomic E-state index is 12.9. The van der Waals surface area contributed by atoms with E-state index in [1.807, 2.05) is 26.0 Å². The summed E-state index contributed by atoms with van der Waals surface area (Å²) in [4.78, 5) is 42.2. The summed E-state index contributed by atoms with van der Waals surface area (Å²) in [6.07, 6.45) is 0. The van der Waals surface area contributed by atoms with Gasteiger partial charge >= 0.3 is 5.69 Å². The molecular weight excluding hydrogens is 456 g/mol. The van der Waals surface area contributed by atoms with Crippen LogP contribution in [0.1, 0.15) is 16.7 Å². The molecule has 9 nitrogen and oxygen atoms in total. The summed E-state index contributed by atoms with van der Waals surface area (Å²) in [5.41, 5.74) is 1.69. The zero-order valence-electron chi connectivity index (χ0n) is 19.6. The number of thioether (sulfide) groups is 1. The van der Waals surface area contributed by atoms with Crippen LogP contribution in [0.15, 0.2) is 57.0 Å². The minimum atomic E-state index is -0.703. The van der Waals surface area contributed by atoms with Crippen LogP contribution in [0.25, 0.3) is 0 Å². The van der Waals surface area contributed by atoms with E-state index in [1.54, 1.807) is 37.4 Å². The van der Waals surface area contributed by atoms with E-state index < -0.39 is 17.1 Å². The fourth-order valence-corrected chi connectivity index (χ4v) is 3.93. The number of hydrogen-bond acceptors (Lipinski definition) is 7. The van der Waals surface area contributed by atoms with Gasteiger partial charge in [0.05, 0.1) is 18.6 Å². The van der Waals surface area contributed by atoms with E-state index in [4.69, 9.17) is 4.74 Å². The zero-order chi connectivity index (χ0) is 25.0. The lowest BCUT2D eigenvalue weighted by Crippen LogP contribution is -2.39. The van der Waals surface area contributed by atoms with Crippen LogP contribution in [-0.4, -0.2) is 38.1 Å². The second-order valence-electron chi connectivity index (χ2n) is 7.66. The van der Waals surface area contributed by atoms with Gasteiger partial charge in [0, 0.05) is 19.8 Å². The number of anilines is 1. The highest BCUT2D eigenvalue weighted by Crippen LogP contribution is 2.25. The molecule has 3 aromatic rings. The number of amides is 1. The number of benzene rings is 2. The molecule has 3 rings (SSSR count). The van der Waals surface area contributed by atoms with Gasteiger partial charge in [-0.15, -0.1) is 0 Å². The van der Waals surface area contributed by atoms with E-state index in [1.165, 1.54) is 14.1 Å². The van der Waals surface area contributed by atoms with Gasteiger partial charge in [0.15, 0.2) is 0 Å². The third kappa shape index (κ3) is 5.40. The van der Waals surface area contributed by atoms with E-state index in [0.29, 0.717) is 17.1 Å². The Labute approximate surface area is 200 Å². The molecule has 0 aliphatic rings. The number of aryl methyl sites for hydroxylation is 2. The summed E-state index contributed by atoms with van der Waals surface area (Å²) in [5, 5.41) is 13.5. The van der Waals surface area contributed by atoms with Crippen molar-refractivity contribution in [2.75, 3.05) is 18.2 Å². The first-order chi connectivity index (χ1) is 16.1. The highest BCUT2D eigenvalue weighted by Gasteiger charge is 2.22. The van der Waals surface area contributed by atoms with Crippen molar-refractivity contribution >= 4 is 34.1 Å². The summed E-state index contributed by atoms with van der Waals surface area (Å²) in [6.45, 7) is 3.91. The number of aliphatic imine (C=N–C) groups is 1. The molecule has 1 aromatic heterocycles. The number of rotatable bonds is 6. The molecule has 0 aliphatic carbocycles. The first kappa shape index (κ1) is 24.8. The average molecular weight is 483 g/mol. The van der Waals surface area contributed by atoms with Gasteiger partial charge in [-0.1, -0.05) is 17.8 Å². The largest absolute Gasteiger partial charge is 0.497 e. The zero-order valence-corrected chi connectivity index (χ0v) is 20.4. The van der Waals surface area contributed by atoms with Crippen LogP contribution in [0.3, 0.4) is 0 Å². The number of hydrogen-bond donors (Lipinski definition) is 2. The molecule has 0 aliphatic heterocycles. The number of ether oxygens (including phenoxy) is 1. The van der Waals surface area contributed by atoms with Gasteiger partial charge in [-0.25, -0.2) is 9.79 Å². The average Bonchev–Trinajstić information content (AvgIpc) is 2.82. The highest BCUT2D eigenvalue weighted by molar-refractivity contribution is 8.15. The van der Waals surface area contributed by atoms with Gasteiger partial charge in [-0.05, 0) is 61.4 Å². The lowest BCUT2D eigenvalue weighted by atomic mass is 10.1. The van der Waals surface area contributed by atoms with Crippen LogP contribution >= 0.6 is 11.8 Å². The van der Waals surface area contributed by atoms with Crippen molar-refractivity contribution in [1.29, 1.82) is 0 Å². The Hall–Kier alpha value is -3.79. The minimum absolute atomic E-state index is 0.0822. The number of carbonyl (C=O) groups is 1. The van der Waals surface area contributed by atoms with Gasteiger partial charge in [-0.3, -0.25) is 18.7 Å². The van der Waals surface area contributed by atoms with Crippen molar-refractivity contribution in [2.24, 2.45) is 19.1 Å². The second kappa shape index (κ2) is 10.4. The molecule has 1 amide bonds. The Balaban J connectivity index is 1.97. The van der Waals surface area contributed by atoms with Gasteiger partial charge in [0.25, 0.3) is 5.56 Å². The minimum Gasteiger partial charge on any atom is -0.497 e. The summed E-state index contributed by atoms with van der Waals surface area (Å²) in [7, 11) is 4.23. The summed E-state index contributed by atoms with van der Waals surface area (Å²) >= 11 is 0.991. The number of aromatic hydroxyl groups is 1. The molecule has 34 heavy (non-hydrogen) atoms. The topological polar surface area (TPSA) is 115 Å². The number of methoxy groups -OCH3 is 1. The van der Waals surface area contributed by atoms with Crippen molar-refractivity contribution in [2.45, 2.75) is 13.8 Å². The molecule has 178 valence electrons. The monoisotopic (exact) mass is 482 g/mol. The number of nitrogens with one attached hydrogen (secondary N) is 1. The first-order valence-corrected chi connectivity index (χ1v) is 11.3. The van der Waals surface area contributed by atoms with E-state index in [2.05, 4.69) is 10.3 Å². The lowest BCUT2D eigenvalue weighted by molar-refractivity contribution is -0.113. The number of aromatic nitrogens is 2. The molecule has 0 saturated carbocycles. The predicted octanol–water partition coefficient (Wildman–Crippen LogP) is 2.87. The number of carbonyl (C=O) groups excluding carboxylic acids is 1. The number of nitrogens with zero attached hydrogens (tertiary/aromatic N) is 3. The molecule has 2 N–H and O–H groups in total. The maximum Gasteiger partial charge on any atom is 0.333 e. The molecule has 0 spiro atoms. The van der Waals surface area contributed by atoms with Crippen LogP contribution in [0.5, 0.6) is 11.6 Å². The normalized spacial score (nSPS) is 11.4. The molecule has 0 unspecified atom stereocenters. The molecule has 0 fully saturated rings. The van der Waals surface area contributed by atoms with Crippen molar-refractivity contribution in [3.05, 3.63) is 80.0 Å². The Morgan fingerprint density at radius 2 is 1.74 bits per heavy atom. The fraction of sp³-hybridized carbons (Fsp3) is 0.250. The standard InChI is InChI=1S/C24H26N4O5S/c1-14-6-7-17(12-15(14)2)26-21(20-22(30)27(3)24(32)28(4)23(20)31)34-13-19(29)25-16-8-10-18(33-5)11-9-16/h6-12,30H,13H2,1-5H3,(H,25,29). The SMILES string of the molecule is COc1ccc(NC(=O)CSC(=Nc2ccc(C)c(C)c2)c2c(O)n(C)c(=O)n(C)c2=O)cc1. The molecule has 0 bridgehead atoms. The van der Waals surface area contributed by atoms with Crippen LogP contribution < -0.4 is 21.3 Å². The Morgan fingerprint density at radius 1 is 1.06 bits per heavy atom. The molecule has 0 radical (unpaired) electrons. The van der Waals surface area contributed by atoms with E-state index >= 15 is 0 Å². The molecule has 1 heterocycles. The Kier molecular flexibility index (Phi) is 7.62. The van der Waals surface area contributed by atoms with E-state index in [0.717, 1.165) is 32.0 Å². The van der Waals surface area contributed by atoms with Crippen molar-refractivity contribution in [3.63, 3.8) is 0 Å². The lowest BCUT2D eigenvalue weighted by Gasteiger charge is -2.13. The first-order valence-electron chi connectivity index (χ1n) is 10.3. The van der Waals surface area contributed by atoms with Crippen molar-refractivity contribution in [3.8, 4) is 11.6 Å². The molecule has 0 atom stereocenters. The smallest absolute Gasteiger partial charge is 0.333 e. The third-order valence-corrected chi connectivity index (χ3v) is 6.26. The maximum atomic E-state index is 12.9. The van der Waals surface area contributed by atoms with E-state index in [-0.39, 0.29) is 22.3 Å². The van der Waals surface area contributed by atoms with Crippen LogP contribution in [0, 0.1) is 13.8 Å². The molecular formula is C24H26N4O5S. The van der Waals surface area contributed by atoms with Crippen LogP contribution in [0.4, 0.5) is 11.4 Å². The molecule has 0 saturated heterocycles. The fourth-order valence-electron chi connectivity index (χ4n) is 3.10. The van der Waals surface area contributed by atoms with Gasteiger partial charge in [0.2, 0.25) is 11.8 Å². The van der Waals surface area contributed by atoms with Crippen LogP contribution in [-0.2, 0) is 18.9 Å². The Morgan fingerprint density at radius 3 is 2.35 bits per heavy atom. The summed E-state index contributed by atoms with van der Waals surface area (Å²) < 4.78 is 6.97. The summed E-state index contributed by atoms with van der Waals surface area (Å²) in [5.74, 6) is -0.264. The van der Waals surface area contributed by atoms with Gasteiger partial charge in [0.1, 0.15) is 16.4 Å². The quantitative estimate of drug-likeness (QED) is 0.412. The van der Waals surface area contributed by atoms with Crippen molar-refractivity contribution < 1.29 is 14.6 Å².